The van der Waals surface area contributed by atoms with Gasteiger partial charge in [-0.2, -0.15) is 0 Å². The van der Waals surface area contributed by atoms with E-state index in [2.05, 4.69) is 224 Å². The number of fused-ring (bicyclic) bond motifs is 7. The Labute approximate surface area is 423 Å². The van der Waals surface area contributed by atoms with Gasteiger partial charge in [0.25, 0.3) is 0 Å². The molecule has 12 rings (SSSR count). The predicted molar refractivity (Wildman–Crippen MR) is 301 cm³/mol. The van der Waals surface area contributed by atoms with E-state index in [1.165, 1.54) is 44.7 Å². The van der Waals surface area contributed by atoms with Crippen molar-refractivity contribution in [3.8, 4) is 28.2 Å². The highest BCUT2D eigenvalue weighted by atomic mass is 15.2. The van der Waals surface area contributed by atoms with Crippen LogP contribution in [0.4, 0.5) is 11.4 Å². The molecular formula is C65H59N7. The van der Waals surface area contributed by atoms with Crippen molar-refractivity contribution in [3.63, 3.8) is 0 Å². The first-order valence-corrected chi connectivity index (χ1v) is 25.9. The van der Waals surface area contributed by atoms with Crippen LogP contribution in [0.25, 0.3) is 45.4 Å². The third-order valence-corrected chi connectivity index (χ3v) is 14.6. The summed E-state index contributed by atoms with van der Waals surface area (Å²) in [6.07, 6.45) is 34.6. The van der Waals surface area contributed by atoms with Gasteiger partial charge >= 0.3 is 0 Å². The second-order valence-electron chi connectivity index (χ2n) is 19.3. The molecule has 2 aromatic heterocycles. The van der Waals surface area contributed by atoms with Crippen molar-refractivity contribution in [2.24, 2.45) is 15.0 Å². The number of allylic oxidation sites excluding steroid dienone is 11. The molecule has 6 aliphatic rings. The number of hydrogen-bond donors (Lipinski definition) is 1. The highest BCUT2D eigenvalue weighted by Crippen LogP contribution is 2.54. The van der Waals surface area contributed by atoms with Gasteiger partial charge < -0.3 is 10.2 Å². The van der Waals surface area contributed by atoms with Crippen LogP contribution in [0.5, 0.6) is 0 Å². The summed E-state index contributed by atoms with van der Waals surface area (Å²) >= 11 is 0. The van der Waals surface area contributed by atoms with Crippen molar-refractivity contribution in [2.45, 2.75) is 84.3 Å². The molecule has 0 fully saturated rings. The van der Waals surface area contributed by atoms with Crippen LogP contribution in [0.2, 0.25) is 0 Å². The van der Waals surface area contributed by atoms with Gasteiger partial charge in [0.15, 0.2) is 5.84 Å². The van der Waals surface area contributed by atoms with Gasteiger partial charge in [-0.3, -0.25) is 9.56 Å². The second kappa shape index (κ2) is 19.6. The number of hydrogen-bond acceptors (Lipinski definition) is 6. The Morgan fingerprint density at radius 3 is 2.33 bits per heavy atom. The number of rotatable bonds is 10. The van der Waals surface area contributed by atoms with Crippen LogP contribution < -0.4 is 10.2 Å². The second-order valence-corrected chi connectivity index (χ2v) is 19.3. The number of aromatic nitrogens is 2. The topological polar surface area (TPSA) is 70.2 Å². The zero-order chi connectivity index (χ0) is 48.5. The van der Waals surface area contributed by atoms with Crippen LogP contribution in [0.3, 0.4) is 0 Å². The fraction of sp³-hybridized carbons (Fsp3) is 0.200. The SMILES string of the molecule is C/C=C(\C=C(/CC)c1cc(C2=CC=CCC2)cc(C2=NC(C3=CCCC=C3)=NC(c3ccccc3)N2)c1)N1c2ccccc2-c2c3c(n(-c4cccc(C5=NC(C)CC=C5)n4)c2-c2ccccc21)CCC=C3. The zero-order valence-corrected chi connectivity index (χ0v) is 41.4. The molecule has 2 unspecified atom stereocenters. The van der Waals surface area contributed by atoms with Gasteiger partial charge in [0, 0.05) is 44.8 Å². The van der Waals surface area contributed by atoms with E-state index >= 15 is 0 Å². The molecule has 4 aromatic carbocycles. The largest absolute Gasteiger partial charge is 0.344 e. The summed E-state index contributed by atoms with van der Waals surface area (Å²) in [7, 11) is 0. The number of dihydropyridines is 1. The van der Waals surface area contributed by atoms with Crippen LogP contribution in [0, 0.1) is 0 Å². The molecule has 0 saturated heterocycles. The van der Waals surface area contributed by atoms with E-state index < -0.39 is 0 Å². The fourth-order valence-corrected chi connectivity index (χ4v) is 11.1. The molecule has 7 nitrogen and oxygen atoms in total. The molecule has 1 N–H and O–H groups in total. The Hall–Kier alpha value is -8.16. The highest BCUT2D eigenvalue weighted by Gasteiger charge is 2.34. The third-order valence-electron chi connectivity index (χ3n) is 14.6. The molecule has 6 aromatic rings. The average Bonchev–Trinajstić information content (AvgIpc) is 3.73. The highest BCUT2D eigenvalue weighted by molar-refractivity contribution is 6.14. The van der Waals surface area contributed by atoms with E-state index in [9.17, 15) is 0 Å². The summed E-state index contributed by atoms with van der Waals surface area (Å²) in [5.41, 5.74) is 20.6. The van der Waals surface area contributed by atoms with Crippen LogP contribution in [-0.4, -0.2) is 33.0 Å². The predicted octanol–water partition coefficient (Wildman–Crippen LogP) is 15.6. The van der Waals surface area contributed by atoms with Crippen molar-refractivity contribution in [1.29, 1.82) is 0 Å². The van der Waals surface area contributed by atoms with Gasteiger partial charge in [-0.15, -0.1) is 0 Å². The Balaban J connectivity index is 1.01. The van der Waals surface area contributed by atoms with Gasteiger partial charge in [0.2, 0.25) is 0 Å². The number of para-hydroxylation sites is 2. The van der Waals surface area contributed by atoms with Crippen molar-refractivity contribution in [1.82, 2.24) is 14.9 Å². The van der Waals surface area contributed by atoms with Crippen LogP contribution >= 0.6 is 0 Å². The first-order valence-electron chi connectivity index (χ1n) is 25.9. The lowest BCUT2D eigenvalue weighted by Crippen LogP contribution is -2.33. The van der Waals surface area contributed by atoms with Crippen LogP contribution in [0.15, 0.2) is 208 Å². The summed E-state index contributed by atoms with van der Waals surface area (Å²) in [6, 6.07) is 42.1. The van der Waals surface area contributed by atoms with E-state index in [0.717, 1.165) is 125 Å². The number of aliphatic imine (C=N–C) groups is 3. The summed E-state index contributed by atoms with van der Waals surface area (Å²) in [4.78, 5) is 23.5. The van der Waals surface area contributed by atoms with Crippen molar-refractivity contribution in [3.05, 3.63) is 233 Å². The maximum absolute atomic E-state index is 5.42. The molecule has 5 heterocycles. The van der Waals surface area contributed by atoms with Gasteiger partial charge in [-0.25, -0.2) is 15.0 Å². The summed E-state index contributed by atoms with van der Waals surface area (Å²) in [5.74, 6) is 2.50. The quantitative estimate of drug-likeness (QED) is 0.139. The lowest BCUT2D eigenvalue weighted by atomic mass is 9.90. The molecule has 0 radical (unpaired) electrons. The molecule has 2 atom stereocenters. The molecule has 0 spiro atoms. The minimum absolute atomic E-state index is 0.229. The molecular weight excluding hydrogens is 879 g/mol. The molecule has 0 amide bonds. The van der Waals surface area contributed by atoms with E-state index in [1.807, 2.05) is 0 Å². The van der Waals surface area contributed by atoms with Gasteiger partial charge in [-0.05, 0) is 148 Å². The summed E-state index contributed by atoms with van der Waals surface area (Å²) in [5, 5.41) is 3.79. The third kappa shape index (κ3) is 8.42. The maximum atomic E-state index is 5.42. The van der Waals surface area contributed by atoms with E-state index in [4.69, 9.17) is 20.0 Å². The van der Waals surface area contributed by atoms with E-state index in [1.54, 1.807) is 0 Å². The molecule has 3 aliphatic carbocycles. The molecule has 0 bridgehead atoms. The average molecular weight is 938 g/mol. The summed E-state index contributed by atoms with van der Waals surface area (Å²) < 4.78 is 2.46. The smallest absolute Gasteiger partial charge is 0.159 e. The minimum atomic E-state index is -0.276. The minimum Gasteiger partial charge on any atom is -0.344 e. The van der Waals surface area contributed by atoms with E-state index in [0.29, 0.717) is 0 Å². The Morgan fingerprint density at radius 2 is 1.54 bits per heavy atom. The van der Waals surface area contributed by atoms with Crippen LogP contribution in [0.1, 0.15) is 111 Å². The Bertz CT molecular complexity index is 3490. The lowest BCUT2D eigenvalue weighted by Gasteiger charge is -2.29. The van der Waals surface area contributed by atoms with E-state index in [-0.39, 0.29) is 12.2 Å². The fourth-order valence-electron chi connectivity index (χ4n) is 11.1. The molecule has 7 heteroatoms. The maximum Gasteiger partial charge on any atom is 0.159 e. The number of amidine groups is 2. The first-order chi connectivity index (χ1) is 35.5. The van der Waals surface area contributed by atoms with Crippen molar-refractivity contribution >= 4 is 46.0 Å². The number of benzene rings is 4. The Kier molecular flexibility index (Phi) is 12.2. The molecule has 0 saturated carbocycles. The number of nitrogens with zero attached hydrogens (tertiary/aromatic N) is 6. The normalized spacial score (nSPS) is 19.2. The van der Waals surface area contributed by atoms with Gasteiger partial charge in [0.1, 0.15) is 17.8 Å². The van der Waals surface area contributed by atoms with Crippen molar-refractivity contribution in [2.75, 3.05) is 4.90 Å². The number of pyridine rings is 1. The number of anilines is 2. The van der Waals surface area contributed by atoms with Crippen LogP contribution in [-0.2, 0) is 6.42 Å². The Morgan fingerprint density at radius 1 is 0.750 bits per heavy atom. The van der Waals surface area contributed by atoms with Gasteiger partial charge in [0.05, 0.1) is 34.5 Å². The monoisotopic (exact) mass is 937 g/mol. The molecule has 354 valence electrons. The summed E-state index contributed by atoms with van der Waals surface area (Å²) in [6.45, 7) is 6.62. The lowest BCUT2D eigenvalue weighted by molar-refractivity contribution is 0.674. The molecule has 72 heavy (non-hydrogen) atoms. The molecule has 3 aliphatic heterocycles. The zero-order valence-electron chi connectivity index (χ0n) is 41.4. The number of nitrogens with one attached hydrogen (secondary N) is 1. The van der Waals surface area contributed by atoms with Crippen molar-refractivity contribution < 1.29 is 0 Å². The van der Waals surface area contributed by atoms with Gasteiger partial charge in [-0.1, -0.05) is 140 Å². The first kappa shape index (κ1) is 45.0. The standard InChI is InChI=1S/C65H59N7/c1-4-44(48-39-49(45-24-9-6-10-25-45)41-50(40-48)65-69-63(46-26-11-7-12-27-46)68-64(70-65)47-28-13-8-14-29-47)42-51(5-2)71-57-35-18-15-30-52(57)61-53-31-16-19-36-58(53)72(62(61)54-32-17-20-37-59(54)71)60-38-22-34-56(67-60)55-33-21-23-43(3)66-55/h5-7,9,11-13,15-18,20-22,24,26-35,37-43,63H,4,8,10,14,19,23,25,36H2,1-3H3,(H,68,69,70)/b44-42+,51-5+.